The van der Waals surface area contributed by atoms with Gasteiger partial charge in [-0.15, -0.1) is 0 Å². The first kappa shape index (κ1) is 11.5. The molecule has 1 aromatic rings. The Bertz CT molecular complexity index is 359. The van der Waals surface area contributed by atoms with Crippen LogP contribution in [0.15, 0.2) is 18.3 Å². The number of rotatable bonds is 4. The number of nitrogens with zero attached hydrogens (tertiary/aromatic N) is 1. The lowest BCUT2D eigenvalue weighted by molar-refractivity contribution is -0.121. The molecular weight excluding hydrogens is 203 g/mol. The van der Waals surface area contributed by atoms with Crippen molar-refractivity contribution in [3.63, 3.8) is 0 Å². The number of hydrogen-bond acceptors (Lipinski definition) is 4. The molecule has 0 aromatic carbocycles. The Kier molecular flexibility index (Phi) is 3.70. The van der Waals surface area contributed by atoms with Crippen molar-refractivity contribution in [2.24, 2.45) is 5.73 Å². The molecule has 0 saturated heterocycles. The van der Waals surface area contributed by atoms with Crippen LogP contribution < -0.4 is 5.73 Å². The highest BCUT2D eigenvalue weighted by molar-refractivity contribution is 5.74. The summed E-state index contributed by atoms with van der Waals surface area (Å²) in [7, 11) is 0. The van der Waals surface area contributed by atoms with Gasteiger partial charge in [0.2, 0.25) is 5.91 Å². The van der Waals surface area contributed by atoms with Crippen molar-refractivity contribution in [3.05, 3.63) is 29.8 Å². The molecule has 4 N–H and O–H groups in total. The van der Waals surface area contributed by atoms with Gasteiger partial charge >= 0.3 is 0 Å². The molecule has 1 heterocycles. The van der Waals surface area contributed by atoms with Gasteiger partial charge in [-0.25, -0.2) is 4.39 Å². The lowest BCUT2D eigenvalue weighted by Gasteiger charge is -2.15. The van der Waals surface area contributed by atoms with E-state index in [1.54, 1.807) is 0 Å². The molecule has 0 fully saturated rings. The molecular formula is C9H11FN2O3. The molecule has 15 heavy (non-hydrogen) atoms. The van der Waals surface area contributed by atoms with Crippen LogP contribution in [0, 0.1) is 5.82 Å². The second-order valence-corrected chi connectivity index (χ2v) is 3.08. The molecule has 82 valence electrons. The lowest BCUT2D eigenvalue weighted by Crippen LogP contribution is -2.26. The average molecular weight is 214 g/mol. The molecule has 5 nitrogen and oxygen atoms in total. The fourth-order valence-electron chi connectivity index (χ4n) is 1.10. The number of halogens is 1. The quantitative estimate of drug-likeness (QED) is 0.629. The first-order valence-electron chi connectivity index (χ1n) is 4.26. The van der Waals surface area contributed by atoms with E-state index in [0.29, 0.717) is 0 Å². The maximum atomic E-state index is 12.7. The first-order chi connectivity index (χ1) is 7.00. The van der Waals surface area contributed by atoms with Gasteiger partial charge in [0.25, 0.3) is 0 Å². The van der Waals surface area contributed by atoms with Gasteiger partial charge < -0.3 is 15.9 Å². The van der Waals surface area contributed by atoms with E-state index in [-0.39, 0.29) is 5.69 Å². The highest BCUT2D eigenvalue weighted by Gasteiger charge is 2.21. The van der Waals surface area contributed by atoms with Gasteiger partial charge in [0.15, 0.2) is 0 Å². The first-order valence-corrected chi connectivity index (χ1v) is 4.26. The predicted octanol–water partition coefficient (Wildman–Crippen LogP) is -0.510. The molecule has 2 unspecified atom stereocenters. The third-order valence-electron chi connectivity index (χ3n) is 1.82. The smallest absolute Gasteiger partial charge is 0.220 e. The number of aromatic nitrogens is 1. The third-order valence-corrected chi connectivity index (χ3v) is 1.82. The van der Waals surface area contributed by atoms with Gasteiger partial charge in [-0.05, 0) is 12.1 Å². The number of pyridine rings is 1. The van der Waals surface area contributed by atoms with Crippen LogP contribution in [-0.2, 0) is 4.79 Å². The van der Waals surface area contributed by atoms with Crippen LogP contribution in [0.3, 0.4) is 0 Å². The summed E-state index contributed by atoms with van der Waals surface area (Å²) in [6.45, 7) is 0. The number of aliphatic hydroxyl groups excluding tert-OH is 2. The molecule has 0 spiro atoms. The van der Waals surface area contributed by atoms with Gasteiger partial charge in [0.1, 0.15) is 11.9 Å². The zero-order valence-electron chi connectivity index (χ0n) is 7.80. The molecule has 0 radical (unpaired) electrons. The number of carbonyl (C=O) groups excluding carboxylic acids is 1. The van der Waals surface area contributed by atoms with E-state index < -0.39 is 30.4 Å². The monoisotopic (exact) mass is 214 g/mol. The molecule has 6 heteroatoms. The van der Waals surface area contributed by atoms with Gasteiger partial charge in [0, 0.05) is 6.20 Å². The molecule has 1 aromatic heterocycles. The Morgan fingerprint density at radius 2 is 2.27 bits per heavy atom. The standard InChI is InChI=1S/C9H11FN2O3/c10-5-1-2-12-6(3-5)9(15)7(13)4-8(11)14/h1-3,7,9,13,15H,4H2,(H2,11,14). The minimum Gasteiger partial charge on any atom is -0.389 e. The number of aliphatic hydroxyl groups is 2. The highest BCUT2D eigenvalue weighted by Crippen LogP contribution is 2.16. The summed E-state index contributed by atoms with van der Waals surface area (Å²) in [6.07, 6.45) is -2.05. The summed E-state index contributed by atoms with van der Waals surface area (Å²) >= 11 is 0. The largest absolute Gasteiger partial charge is 0.389 e. The SMILES string of the molecule is NC(=O)CC(O)C(O)c1cc(F)ccn1. The van der Waals surface area contributed by atoms with Crippen LogP contribution in [0.1, 0.15) is 18.2 Å². The highest BCUT2D eigenvalue weighted by atomic mass is 19.1. The summed E-state index contributed by atoms with van der Waals surface area (Å²) < 4.78 is 12.7. The van der Waals surface area contributed by atoms with Crippen LogP contribution >= 0.6 is 0 Å². The van der Waals surface area contributed by atoms with Crippen LogP contribution in [0.4, 0.5) is 4.39 Å². The molecule has 1 rings (SSSR count). The van der Waals surface area contributed by atoms with E-state index in [0.717, 1.165) is 18.3 Å². The normalized spacial score (nSPS) is 14.6. The number of amides is 1. The zero-order chi connectivity index (χ0) is 11.4. The number of carbonyl (C=O) groups is 1. The summed E-state index contributed by atoms with van der Waals surface area (Å²) in [4.78, 5) is 14.1. The number of nitrogens with two attached hydrogens (primary N) is 1. The molecule has 1 amide bonds. The van der Waals surface area contributed by atoms with Crippen molar-refractivity contribution in [1.29, 1.82) is 0 Å². The van der Waals surface area contributed by atoms with Crippen molar-refractivity contribution >= 4 is 5.91 Å². The molecule has 2 atom stereocenters. The Hall–Kier alpha value is -1.53. The zero-order valence-corrected chi connectivity index (χ0v) is 7.80. The summed E-state index contributed by atoms with van der Waals surface area (Å²) in [5.41, 5.74) is 4.80. The van der Waals surface area contributed by atoms with Crippen molar-refractivity contribution in [1.82, 2.24) is 4.98 Å². The number of primary amides is 1. The molecule has 0 aliphatic carbocycles. The van der Waals surface area contributed by atoms with Crippen molar-refractivity contribution in [2.45, 2.75) is 18.6 Å². The maximum absolute atomic E-state index is 12.7. The van der Waals surface area contributed by atoms with Gasteiger partial charge in [-0.3, -0.25) is 9.78 Å². The van der Waals surface area contributed by atoms with E-state index in [1.165, 1.54) is 0 Å². The van der Waals surface area contributed by atoms with Crippen molar-refractivity contribution < 1.29 is 19.4 Å². The van der Waals surface area contributed by atoms with Gasteiger partial charge in [-0.2, -0.15) is 0 Å². The minimum absolute atomic E-state index is 0.0382. The van der Waals surface area contributed by atoms with Crippen LogP contribution in [0.5, 0.6) is 0 Å². The Balaban J connectivity index is 2.75. The summed E-state index contributed by atoms with van der Waals surface area (Å²) in [6, 6.07) is 2.09. The lowest BCUT2D eigenvalue weighted by atomic mass is 10.1. The molecule has 0 saturated carbocycles. The summed E-state index contributed by atoms with van der Waals surface area (Å²) in [5.74, 6) is -1.33. The van der Waals surface area contributed by atoms with Crippen molar-refractivity contribution in [2.75, 3.05) is 0 Å². The average Bonchev–Trinajstić information content (AvgIpc) is 2.15. The Morgan fingerprint density at radius 3 is 2.80 bits per heavy atom. The maximum Gasteiger partial charge on any atom is 0.220 e. The minimum atomic E-state index is -1.42. The fourth-order valence-corrected chi connectivity index (χ4v) is 1.10. The van der Waals surface area contributed by atoms with E-state index in [2.05, 4.69) is 4.98 Å². The second kappa shape index (κ2) is 4.81. The molecule has 0 aliphatic rings. The molecule has 0 aliphatic heterocycles. The van der Waals surface area contributed by atoms with E-state index in [4.69, 9.17) is 5.73 Å². The van der Waals surface area contributed by atoms with E-state index in [1.807, 2.05) is 0 Å². The number of hydrogen-bond donors (Lipinski definition) is 3. The topological polar surface area (TPSA) is 96.4 Å². The predicted molar refractivity (Wildman–Crippen MR) is 49.0 cm³/mol. The third kappa shape index (κ3) is 3.26. The Labute approximate surface area is 85.4 Å². The van der Waals surface area contributed by atoms with Crippen LogP contribution in [0.2, 0.25) is 0 Å². The van der Waals surface area contributed by atoms with Crippen molar-refractivity contribution in [3.8, 4) is 0 Å². The van der Waals surface area contributed by atoms with E-state index in [9.17, 15) is 19.4 Å². The second-order valence-electron chi connectivity index (χ2n) is 3.08. The van der Waals surface area contributed by atoms with Crippen LogP contribution in [0.25, 0.3) is 0 Å². The van der Waals surface area contributed by atoms with Gasteiger partial charge in [-0.1, -0.05) is 0 Å². The van der Waals surface area contributed by atoms with E-state index >= 15 is 0 Å². The van der Waals surface area contributed by atoms with Gasteiger partial charge in [0.05, 0.1) is 18.2 Å². The fraction of sp³-hybridized carbons (Fsp3) is 0.333. The Morgan fingerprint density at radius 1 is 1.60 bits per heavy atom. The molecule has 0 bridgehead atoms. The summed E-state index contributed by atoms with van der Waals surface area (Å²) in [5, 5.41) is 18.8. The van der Waals surface area contributed by atoms with Crippen LogP contribution in [-0.4, -0.2) is 27.2 Å².